The summed E-state index contributed by atoms with van der Waals surface area (Å²) in [7, 11) is 0. The van der Waals surface area contributed by atoms with E-state index in [0.29, 0.717) is 16.8 Å². The Bertz CT molecular complexity index is 731. The third-order valence-electron chi connectivity index (χ3n) is 4.85. The number of rotatable bonds is 2. The van der Waals surface area contributed by atoms with Gasteiger partial charge in [-0.1, -0.05) is 13.0 Å². The van der Waals surface area contributed by atoms with E-state index in [-0.39, 0.29) is 17.4 Å². The standard InChI is InChI=1S/C18H24BrN3O3/c1-10-6-7-13(19)20-14(10)21-15(23)11-8-18(5)9-12(18)22(11)16(24)25-17(2,3)4/h6-7,11-12H,8-9H2,1-5H3,(H,20,21,23)/t11-,12+,18+/m0/s1. The van der Waals surface area contributed by atoms with Crippen molar-refractivity contribution >= 4 is 33.7 Å². The molecule has 3 rings (SSSR count). The Morgan fingerprint density at radius 3 is 2.68 bits per heavy atom. The largest absolute Gasteiger partial charge is 0.444 e. The van der Waals surface area contributed by atoms with Crippen LogP contribution in [0.4, 0.5) is 10.6 Å². The lowest BCUT2D eigenvalue weighted by Crippen LogP contribution is -2.47. The molecule has 0 spiro atoms. The van der Waals surface area contributed by atoms with Crippen molar-refractivity contribution in [3.8, 4) is 0 Å². The zero-order valence-electron chi connectivity index (χ0n) is 15.2. The molecule has 2 heterocycles. The number of carbonyl (C=O) groups excluding carboxylic acids is 2. The molecule has 136 valence electrons. The van der Waals surface area contributed by atoms with Gasteiger partial charge in [0.1, 0.15) is 22.1 Å². The monoisotopic (exact) mass is 409 g/mol. The number of halogens is 1. The van der Waals surface area contributed by atoms with Gasteiger partial charge in [0.2, 0.25) is 5.91 Å². The molecule has 0 aromatic carbocycles. The summed E-state index contributed by atoms with van der Waals surface area (Å²) >= 11 is 3.32. The molecule has 3 atom stereocenters. The summed E-state index contributed by atoms with van der Waals surface area (Å²) in [4.78, 5) is 31.4. The number of fused-ring (bicyclic) bond motifs is 1. The van der Waals surface area contributed by atoms with E-state index in [0.717, 1.165) is 12.0 Å². The lowest BCUT2D eigenvalue weighted by molar-refractivity contribution is -0.121. The van der Waals surface area contributed by atoms with Crippen LogP contribution in [0.25, 0.3) is 0 Å². The van der Waals surface area contributed by atoms with Crippen LogP contribution in [-0.4, -0.2) is 39.6 Å². The van der Waals surface area contributed by atoms with Crippen LogP contribution in [-0.2, 0) is 9.53 Å². The first kappa shape index (κ1) is 18.2. The number of nitrogens with zero attached hydrogens (tertiary/aromatic N) is 2. The van der Waals surface area contributed by atoms with Crippen LogP contribution in [0.15, 0.2) is 16.7 Å². The fourth-order valence-electron chi connectivity index (χ4n) is 3.41. The van der Waals surface area contributed by atoms with E-state index in [4.69, 9.17) is 4.74 Å². The molecule has 1 saturated carbocycles. The molecule has 1 N–H and O–H groups in total. The number of piperidine rings is 1. The van der Waals surface area contributed by atoms with E-state index in [9.17, 15) is 9.59 Å². The van der Waals surface area contributed by atoms with Gasteiger partial charge in [-0.05, 0) is 73.5 Å². The highest BCUT2D eigenvalue weighted by molar-refractivity contribution is 9.10. The Morgan fingerprint density at radius 2 is 2.04 bits per heavy atom. The van der Waals surface area contributed by atoms with Crippen LogP contribution in [0.2, 0.25) is 0 Å². The Labute approximate surface area is 156 Å². The van der Waals surface area contributed by atoms with Gasteiger partial charge in [-0.15, -0.1) is 0 Å². The van der Waals surface area contributed by atoms with Crippen LogP contribution in [0.3, 0.4) is 0 Å². The number of aryl methyl sites for hydroxylation is 1. The zero-order chi connectivity index (χ0) is 18.6. The van der Waals surface area contributed by atoms with Gasteiger partial charge in [-0.3, -0.25) is 9.69 Å². The quantitative estimate of drug-likeness (QED) is 0.752. The van der Waals surface area contributed by atoms with Crippen molar-refractivity contribution in [3.63, 3.8) is 0 Å². The van der Waals surface area contributed by atoms with Gasteiger partial charge in [-0.2, -0.15) is 0 Å². The topological polar surface area (TPSA) is 71.5 Å². The van der Waals surface area contributed by atoms with Gasteiger partial charge in [-0.25, -0.2) is 9.78 Å². The number of carbonyl (C=O) groups is 2. The number of nitrogens with one attached hydrogen (secondary N) is 1. The molecule has 0 bridgehead atoms. The molecule has 0 unspecified atom stereocenters. The van der Waals surface area contributed by atoms with Crippen LogP contribution < -0.4 is 5.32 Å². The molecule has 1 aliphatic carbocycles. The van der Waals surface area contributed by atoms with Crippen LogP contribution in [0, 0.1) is 12.3 Å². The first-order valence-corrected chi connectivity index (χ1v) is 9.25. The minimum atomic E-state index is -0.589. The summed E-state index contributed by atoms with van der Waals surface area (Å²) in [6.45, 7) is 9.49. The molecular weight excluding hydrogens is 386 g/mol. The first-order valence-electron chi connectivity index (χ1n) is 8.45. The average molecular weight is 410 g/mol. The second-order valence-corrected chi connectivity index (χ2v) is 9.08. The van der Waals surface area contributed by atoms with E-state index in [1.54, 1.807) is 4.90 Å². The Kier molecular flexibility index (Phi) is 4.34. The Balaban J connectivity index is 1.78. The second kappa shape index (κ2) is 5.97. The lowest BCUT2D eigenvalue weighted by Gasteiger charge is -2.29. The molecule has 1 saturated heterocycles. The second-order valence-electron chi connectivity index (χ2n) is 8.27. The maximum absolute atomic E-state index is 12.9. The number of hydrogen-bond donors (Lipinski definition) is 1. The van der Waals surface area contributed by atoms with E-state index >= 15 is 0 Å². The molecular formula is C18H24BrN3O3. The zero-order valence-corrected chi connectivity index (χ0v) is 16.8. The molecule has 0 radical (unpaired) electrons. The third kappa shape index (κ3) is 3.66. The van der Waals surface area contributed by atoms with Gasteiger partial charge in [0.15, 0.2) is 0 Å². The predicted molar refractivity (Wildman–Crippen MR) is 98.3 cm³/mol. The van der Waals surface area contributed by atoms with E-state index in [1.165, 1.54) is 0 Å². The van der Waals surface area contributed by atoms with E-state index in [1.807, 2.05) is 39.8 Å². The van der Waals surface area contributed by atoms with Crippen molar-refractivity contribution in [2.75, 3.05) is 5.32 Å². The molecule has 7 heteroatoms. The molecule has 1 aromatic rings. The van der Waals surface area contributed by atoms with Crippen molar-refractivity contribution in [2.45, 2.75) is 65.1 Å². The lowest BCUT2D eigenvalue weighted by atomic mass is 10.0. The SMILES string of the molecule is Cc1ccc(Br)nc1NC(=O)[C@@H]1C[C@]2(C)C[C@H]2N1C(=O)OC(C)(C)C. The van der Waals surface area contributed by atoms with Gasteiger partial charge in [0.25, 0.3) is 0 Å². The van der Waals surface area contributed by atoms with E-state index < -0.39 is 17.7 Å². The van der Waals surface area contributed by atoms with Gasteiger partial charge < -0.3 is 10.1 Å². The van der Waals surface area contributed by atoms with Gasteiger partial charge >= 0.3 is 6.09 Å². The number of hydrogen-bond acceptors (Lipinski definition) is 4. The maximum Gasteiger partial charge on any atom is 0.411 e. The van der Waals surface area contributed by atoms with Crippen molar-refractivity contribution in [1.29, 1.82) is 0 Å². The molecule has 6 nitrogen and oxygen atoms in total. The third-order valence-corrected chi connectivity index (χ3v) is 5.29. The fraction of sp³-hybridized carbons (Fsp3) is 0.611. The summed E-state index contributed by atoms with van der Waals surface area (Å²) in [6, 6.07) is 3.25. The molecule has 2 aliphatic rings. The highest BCUT2D eigenvalue weighted by Crippen LogP contribution is 2.59. The van der Waals surface area contributed by atoms with E-state index in [2.05, 4.69) is 33.2 Å². The number of aromatic nitrogens is 1. The Hall–Kier alpha value is -1.63. The number of amides is 2. The minimum absolute atomic E-state index is 0.0126. The summed E-state index contributed by atoms with van der Waals surface area (Å²) in [5, 5.41) is 2.87. The highest BCUT2D eigenvalue weighted by atomic mass is 79.9. The first-order chi connectivity index (χ1) is 11.5. The number of anilines is 1. The van der Waals surface area contributed by atoms with Crippen molar-refractivity contribution in [2.24, 2.45) is 5.41 Å². The molecule has 1 aliphatic heterocycles. The van der Waals surface area contributed by atoms with Crippen LogP contribution >= 0.6 is 15.9 Å². The summed E-state index contributed by atoms with van der Waals surface area (Å²) < 4.78 is 6.17. The smallest absolute Gasteiger partial charge is 0.411 e. The summed E-state index contributed by atoms with van der Waals surface area (Å²) in [5.41, 5.74) is 0.294. The fourth-order valence-corrected chi connectivity index (χ4v) is 3.72. The highest BCUT2D eigenvalue weighted by Gasteiger charge is 2.65. The normalized spacial score (nSPS) is 27.7. The summed E-state index contributed by atoms with van der Waals surface area (Å²) in [5.74, 6) is 0.294. The number of pyridine rings is 1. The molecule has 2 amide bonds. The molecule has 2 fully saturated rings. The van der Waals surface area contributed by atoms with Crippen LogP contribution in [0.1, 0.15) is 46.1 Å². The number of ether oxygens (including phenoxy) is 1. The predicted octanol–water partition coefficient (Wildman–Crippen LogP) is 3.88. The van der Waals surface area contributed by atoms with Crippen molar-refractivity contribution in [1.82, 2.24) is 9.88 Å². The average Bonchev–Trinajstić information content (AvgIpc) is 3.02. The van der Waals surface area contributed by atoms with Crippen molar-refractivity contribution < 1.29 is 14.3 Å². The van der Waals surface area contributed by atoms with Crippen molar-refractivity contribution in [3.05, 3.63) is 22.3 Å². The Morgan fingerprint density at radius 1 is 1.36 bits per heavy atom. The van der Waals surface area contributed by atoms with Gasteiger partial charge in [0, 0.05) is 6.04 Å². The van der Waals surface area contributed by atoms with Gasteiger partial charge in [0.05, 0.1) is 0 Å². The molecule has 25 heavy (non-hydrogen) atoms. The van der Waals surface area contributed by atoms with Crippen LogP contribution in [0.5, 0.6) is 0 Å². The molecule has 1 aromatic heterocycles. The number of likely N-dealkylation sites (tertiary alicyclic amines) is 1. The summed E-state index contributed by atoms with van der Waals surface area (Å²) in [6.07, 6.45) is 1.15. The maximum atomic E-state index is 12.9. The minimum Gasteiger partial charge on any atom is -0.444 e.